The van der Waals surface area contributed by atoms with Gasteiger partial charge in [0.1, 0.15) is 5.82 Å². The van der Waals surface area contributed by atoms with Gasteiger partial charge < -0.3 is 5.32 Å². The molecule has 1 nitrogen and oxygen atoms in total. The summed E-state index contributed by atoms with van der Waals surface area (Å²) < 4.78 is 13.8. The highest BCUT2D eigenvalue weighted by atomic mass is 19.1. The Morgan fingerprint density at radius 3 is 2.24 bits per heavy atom. The van der Waals surface area contributed by atoms with Gasteiger partial charge in [-0.2, -0.15) is 0 Å². The van der Waals surface area contributed by atoms with Crippen LogP contribution in [0.4, 0.5) is 4.39 Å². The van der Waals surface area contributed by atoms with Crippen molar-refractivity contribution in [3.8, 4) is 0 Å². The van der Waals surface area contributed by atoms with E-state index in [2.05, 4.69) is 12.2 Å². The molecule has 5 rings (SSSR count). The predicted molar refractivity (Wildman–Crippen MR) is 83.3 cm³/mol. The maximum Gasteiger partial charge on any atom is 0.127 e. The first-order valence-electron chi connectivity index (χ1n) is 8.61. The van der Waals surface area contributed by atoms with Gasteiger partial charge in [0.15, 0.2) is 0 Å². The van der Waals surface area contributed by atoms with Crippen LogP contribution in [0.5, 0.6) is 0 Å². The Kier molecular flexibility index (Phi) is 3.33. The van der Waals surface area contributed by atoms with Crippen molar-refractivity contribution in [2.45, 2.75) is 58.0 Å². The van der Waals surface area contributed by atoms with Crippen molar-refractivity contribution in [3.63, 3.8) is 0 Å². The van der Waals surface area contributed by atoms with Crippen LogP contribution in [0.3, 0.4) is 0 Å². The number of benzene rings is 1. The molecule has 21 heavy (non-hydrogen) atoms. The molecular formula is C19H26FN. The molecule has 1 atom stereocenters. The molecule has 114 valence electrons. The third kappa shape index (κ3) is 2.42. The maximum absolute atomic E-state index is 13.8. The number of nitrogens with one attached hydrogen (secondary N) is 1. The number of rotatable bonds is 4. The molecule has 4 saturated carbocycles. The van der Waals surface area contributed by atoms with Crippen molar-refractivity contribution in [1.82, 2.24) is 5.32 Å². The SMILES string of the molecule is C[C@@H](NCc1ccccc1F)C12CC3CC(CC(C3)C1)C2. The van der Waals surface area contributed by atoms with Crippen LogP contribution < -0.4 is 5.32 Å². The van der Waals surface area contributed by atoms with Gasteiger partial charge in [-0.3, -0.25) is 0 Å². The van der Waals surface area contributed by atoms with E-state index in [1.807, 2.05) is 12.1 Å². The summed E-state index contributed by atoms with van der Waals surface area (Å²) in [4.78, 5) is 0. The maximum atomic E-state index is 13.8. The molecule has 4 fully saturated rings. The lowest BCUT2D eigenvalue weighted by Crippen LogP contribution is -2.54. The zero-order valence-electron chi connectivity index (χ0n) is 12.9. The van der Waals surface area contributed by atoms with Crippen LogP contribution in [0.15, 0.2) is 24.3 Å². The van der Waals surface area contributed by atoms with Crippen molar-refractivity contribution in [2.24, 2.45) is 23.2 Å². The van der Waals surface area contributed by atoms with E-state index in [0.717, 1.165) is 23.3 Å². The van der Waals surface area contributed by atoms with Gasteiger partial charge in [-0.05, 0) is 74.7 Å². The number of hydrogen-bond donors (Lipinski definition) is 1. The summed E-state index contributed by atoms with van der Waals surface area (Å²) in [7, 11) is 0. The minimum atomic E-state index is -0.0808. The van der Waals surface area contributed by atoms with Gasteiger partial charge in [0, 0.05) is 18.2 Å². The largest absolute Gasteiger partial charge is 0.310 e. The highest BCUT2D eigenvalue weighted by Gasteiger charge is 2.52. The van der Waals surface area contributed by atoms with Crippen molar-refractivity contribution in [2.75, 3.05) is 0 Å². The average Bonchev–Trinajstić information content (AvgIpc) is 2.44. The third-order valence-corrected chi connectivity index (χ3v) is 6.56. The molecule has 0 unspecified atom stereocenters. The van der Waals surface area contributed by atoms with Gasteiger partial charge in [0.2, 0.25) is 0 Å². The van der Waals surface area contributed by atoms with Gasteiger partial charge >= 0.3 is 0 Å². The molecule has 0 aromatic heterocycles. The molecule has 4 aliphatic rings. The molecule has 4 bridgehead atoms. The average molecular weight is 287 g/mol. The summed E-state index contributed by atoms with van der Waals surface area (Å²) in [6.07, 6.45) is 8.68. The normalized spacial score (nSPS) is 38.7. The molecule has 0 amide bonds. The first-order chi connectivity index (χ1) is 10.1. The highest BCUT2D eigenvalue weighted by molar-refractivity contribution is 5.17. The molecule has 1 aromatic carbocycles. The second-order valence-corrected chi connectivity index (χ2v) is 7.97. The molecule has 1 N–H and O–H groups in total. The van der Waals surface area contributed by atoms with Crippen LogP contribution >= 0.6 is 0 Å². The van der Waals surface area contributed by atoms with E-state index in [9.17, 15) is 4.39 Å². The lowest BCUT2D eigenvalue weighted by atomic mass is 9.48. The minimum absolute atomic E-state index is 0.0808. The first-order valence-corrected chi connectivity index (χ1v) is 8.61. The fraction of sp³-hybridized carbons (Fsp3) is 0.684. The van der Waals surface area contributed by atoms with E-state index in [1.54, 1.807) is 12.1 Å². The summed E-state index contributed by atoms with van der Waals surface area (Å²) in [5.74, 6) is 2.86. The molecule has 0 aliphatic heterocycles. The van der Waals surface area contributed by atoms with E-state index in [0.29, 0.717) is 18.0 Å². The zero-order valence-corrected chi connectivity index (χ0v) is 12.9. The van der Waals surface area contributed by atoms with Crippen LogP contribution in [0.1, 0.15) is 51.0 Å². The molecule has 0 radical (unpaired) electrons. The van der Waals surface area contributed by atoms with Gasteiger partial charge in [-0.1, -0.05) is 18.2 Å². The standard InChI is InChI=1S/C19H26FN/c1-13(21-12-17-4-2-3-5-18(17)20)19-9-14-6-15(10-19)8-16(7-14)11-19/h2-5,13-16,21H,6-12H2,1H3/t13-,14?,15?,16?,19?/m1/s1. The third-order valence-electron chi connectivity index (χ3n) is 6.56. The van der Waals surface area contributed by atoms with E-state index in [4.69, 9.17) is 0 Å². The fourth-order valence-corrected chi connectivity index (χ4v) is 5.83. The predicted octanol–water partition coefficient (Wildman–Crippen LogP) is 4.52. The van der Waals surface area contributed by atoms with Gasteiger partial charge in [-0.25, -0.2) is 4.39 Å². The van der Waals surface area contributed by atoms with E-state index < -0.39 is 0 Å². The van der Waals surface area contributed by atoms with Crippen molar-refractivity contribution < 1.29 is 4.39 Å². The van der Waals surface area contributed by atoms with Gasteiger partial charge in [-0.15, -0.1) is 0 Å². The monoisotopic (exact) mass is 287 g/mol. The first kappa shape index (κ1) is 13.8. The summed E-state index contributed by atoms with van der Waals surface area (Å²) in [5.41, 5.74) is 1.30. The Labute approximate surface area is 127 Å². The smallest absolute Gasteiger partial charge is 0.127 e. The minimum Gasteiger partial charge on any atom is -0.310 e. The Morgan fingerprint density at radius 1 is 1.10 bits per heavy atom. The Morgan fingerprint density at radius 2 is 1.67 bits per heavy atom. The summed E-state index contributed by atoms with van der Waals surface area (Å²) in [6.45, 7) is 3.00. The van der Waals surface area contributed by atoms with Crippen molar-refractivity contribution >= 4 is 0 Å². The van der Waals surface area contributed by atoms with Crippen molar-refractivity contribution in [3.05, 3.63) is 35.6 Å². The summed E-state index contributed by atoms with van der Waals surface area (Å²) >= 11 is 0. The van der Waals surface area contributed by atoms with Crippen LogP contribution in [0.25, 0.3) is 0 Å². The van der Waals surface area contributed by atoms with E-state index in [1.165, 1.54) is 38.5 Å². The topological polar surface area (TPSA) is 12.0 Å². The molecule has 0 saturated heterocycles. The lowest BCUT2D eigenvalue weighted by Gasteiger charge is -2.59. The molecule has 0 spiro atoms. The van der Waals surface area contributed by atoms with Crippen LogP contribution in [-0.4, -0.2) is 6.04 Å². The van der Waals surface area contributed by atoms with Crippen molar-refractivity contribution in [1.29, 1.82) is 0 Å². The summed E-state index contributed by atoms with van der Waals surface area (Å²) in [5, 5.41) is 3.66. The second-order valence-electron chi connectivity index (χ2n) is 7.97. The Hall–Kier alpha value is -0.890. The summed E-state index contributed by atoms with van der Waals surface area (Å²) in [6, 6.07) is 7.66. The lowest BCUT2D eigenvalue weighted by molar-refractivity contribution is -0.0707. The Balaban J connectivity index is 1.45. The molecule has 4 aliphatic carbocycles. The number of halogens is 1. The zero-order chi connectivity index (χ0) is 14.4. The van der Waals surface area contributed by atoms with Crippen LogP contribution in [0.2, 0.25) is 0 Å². The van der Waals surface area contributed by atoms with Gasteiger partial charge in [0.05, 0.1) is 0 Å². The molecular weight excluding hydrogens is 261 g/mol. The van der Waals surface area contributed by atoms with Crippen LogP contribution in [0, 0.1) is 29.0 Å². The highest BCUT2D eigenvalue weighted by Crippen LogP contribution is 2.61. The molecule has 2 heteroatoms. The van der Waals surface area contributed by atoms with Gasteiger partial charge in [0.25, 0.3) is 0 Å². The Bertz CT molecular complexity index is 489. The molecule has 0 heterocycles. The number of hydrogen-bond acceptors (Lipinski definition) is 1. The van der Waals surface area contributed by atoms with E-state index >= 15 is 0 Å². The molecule has 1 aromatic rings. The van der Waals surface area contributed by atoms with E-state index in [-0.39, 0.29) is 5.82 Å². The fourth-order valence-electron chi connectivity index (χ4n) is 5.83. The quantitative estimate of drug-likeness (QED) is 0.858. The second kappa shape index (κ2) is 5.08. The van der Waals surface area contributed by atoms with Crippen LogP contribution in [-0.2, 0) is 6.54 Å².